The summed E-state index contributed by atoms with van der Waals surface area (Å²) in [4.78, 5) is 15.9. The monoisotopic (exact) mass is 316 g/mol. The molecular formula is C16H20N4O3. The van der Waals surface area contributed by atoms with Gasteiger partial charge in [-0.3, -0.25) is 9.48 Å². The second kappa shape index (κ2) is 7.13. The number of rotatable bonds is 6. The molecule has 0 fully saturated rings. The average Bonchev–Trinajstić information content (AvgIpc) is 3.07. The van der Waals surface area contributed by atoms with Gasteiger partial charge in [0.15, 0.2) is 11.5 Å². The number of amides is 1. The molecule has 1 aliphatic rings. The summed E-state index contributed by atoms with van der Waals surface area (Å²) in [6.07, 6.45) is 5.08. The van der Waals surface area contributed by atoms with E-state index in [0.717, 1.165) is 29.9 Å². The maximum absolute atomic E-state index is 12.0. The number of carbonyl (C=O) groups is 1. The van der Waals surface area contributed by atoms with Gasteiger partial charge in [0.05, 0.1) is 13.2 Å². The number of ether oxygens (including phenoxy) is 2. The molecule has 0 saturated heterocycles. The smallest absolute Gasteiger partial charge is 0.220 e. The lowest BCUT2D eigenvalue weighted by Gasteiger charge is -2.27. The Hall–Kier alpha value is -2.57. The van der Waals surface area contributed by atoms with Crippen LogP contribution in [0.2, 0.25) is 0 Å². The molecule has 1 N–H and O–H groups in total. The van der Waals surface area contributed by atoms with Gasteiger partial charge in [-0.05, 0) is 18.9 Å². The molecule has 7 nitrogen and oxygen atoms in total. The van der Waals surface area contributed by atoms with E-state index in [2.05, 4.69) is 15.4 Å². The van der Waals surface area contributed by atoms with Crippen molar-refractivity contribution in [2.45, 2.75) is 31.8 Å². The molecule has 1 atom stereocenters. The minimum Gasteiger partial charge on any atom is -0.493 e. The first-order valence-corrected chi connectivity index (χ1v) is 7.66. The van der Waals surface area contributed by atoms with Gasteiger partial charge in [-0.25, -0.2) is 4.98 Å². The number of benzene rings is 1. The maximum Gasteiger partial charge on any atom is 0.220 e. The number of aromatic nitrogens is 3. The van der Waals surface area contributed by atoms with E-state index < -0.39 is 0 Å². The molecule has 1 unspecified atom stereocenters. The lowest BCUT2D eigenvalue weighted by molar-refractivity contribution is -0.122. The summed E-state index contributed by atoms with van der Waals surface area (Å²) in [6.45, 7) is 1.15. The SMILES string of the molecule is COc1cccc2c1OCC(NC(=O)CCCn1cncn1)C2. The summed E-state index contributed by atoms with van der Waals surface area (Å²) < 4.78 is 12.8. The van der Waals surface area contributed by atoms with Crippen LogP contribution in [-0.4, -0.2) is 40.4 Å². The Bertz CT molecular complexity index is 657. The van der Waals surface area contributed by atoms with E-state index in [1.807, 2.05) is 18.2 Å². The number of aryl methyl sites for hydroxylation is 1. The standard InChI is InChI=1S/C16H20N4O3/c1-22-14-5-2-4-12-8-13(9-23-16(12)14)19-15(21)6-3-7-20-11-17-10-18-20/h2,4-5,10-11,13H,3,6-9H2,1H3,(H,19,21). The van der Waals surface area contributed by atoms with Crippen LogP contribution in [0.5, 0.6) is 11.5 Å². The molecular weight excluding hydrogens is 296 g/mol. The number of fused-ring (bicyclic) bond motifs is 1. The van der Waals surface area contributed by atoms with Gasteiger partial charge >= 0.3 is 0 Å². The molecule has 0 saturated carbocycles. The molecule has 1 amide bonds. The lowest BCUT2D eigenvalue weighted by Crippen LogP contribution is -2.42. The van der Waals surface area contributed by atoms with Crippen LogP contribution >= 0.6 is 0 Å². The number of methoxy groups -OCH3 is 1. The Balaban J connectivity index is 1.48. The first kappa shape index (κ1) is 15.3. The van der Waals surface area contributed by atoms with E-state index in [9.17, 15) is 4.79 Å². The molecule has 1 aromatic carbocycles. The van der Waals surface area contributed by atoms with E-state index in [0.29, 0.717) is 19.6 Å². The maximum atomic E-state index is 12.0. The van der Waals surface area contributed by atoms with Crippen molar-refractivity contribution in [2.24, 2.45) is 0 Å². The summed E-state index contributed by atoms with van der Waals surface area (Å²) >= 11 is 0. The predicted octanol–water partition coefficient (Wildman–Crippen LogP) is 1.19. The van der Waals surface area contributed by atoms with Crippen molar-refractivity contribution in [1.82, 2.24) is 20.1 Å². The van der Waals surface area contributed by atoms with E-state index >= 15 is 0 Å². The second-order valence-corrected chi connectivity index (χ2v) is 5.49. The van der Waals surface area contributed by atoms with Gasteiger partial charge in [-0.1, -0.05) is 12.1 Å². The fourth-order valence-electron chi connectivity index (χ4n) is 2.70. The summed E-state index contributed by atoms with van der Waals surface area (Å²) in [5.41, 5.74) is 1.06. The Morgan fingerprint density at radius 3 is 3.22 bits per heavy atom. The highest BCUT2D eigenvalue weighted by atomic mass is 16.5. The molecule has 23 heavy (non-hydrogen) atoms. The third-order valence-corrected chi connectivity index (χ3v) is 3.80. The predicted molar refractivity (Wildman–Crippen MR) is 83.4 cm³/mol. The Kier molecular flexibility index (Phi) is 4.75. The second-order valence-electron chi connectivity index (χ2n) is 5.49. The third kappa shape index (κ3) is 3.80. The normalized spacial score (nSPS) is 16.3. The fraction of sp³-hybridized carbons (Fsp3) is 0.438. The molecule has 3 rings (SSSR count). The van der Waals surface area contributed by atoms with Gasteiger partial charge < -0.3 is 14.8 Å². The summed E-state index contributed by atoms with van der Waals surface area (Å²) in [5.74, 6) is 1.55. The first-order chi connectivity index (χ1) is 11.3. The molecule has 0 spiro atoms. The van der Waals surface area contributed by atoms with Gasteiger partial charge in [-0.15, -0.1) is 0 Å². The van der Waals surface area contributed by atoms with Crippen molar-refractivity contribution in [1.29, 1.82) is 0 Å². The van der Waals surface area contributed by atoms with Crippen LogP contribution < -0.4 is 14.8 Å². The zero-order valence-electron chi connectivity index (χ0n) is 13.1. The third-order valence-electron chi connectivity index (χ3n) is 3.80. The Morgan fingerprint density at radius 1 is 1.52 bits per heavy atom. The topological polar surface area (TPSA) is 78.3 Å². The van der Waals surface area contributed by atoms with E-state index in [1.54, 1.807) is 18.1 Å². The number of hydrogen-bond acceptors (Lipinski definition) is 5. The molecule has 2 heterocycles. The molecule has 1 aromatic heterocycles. The summed E-state index contributed by atoms with van der Waals surface area (Å²) in [6, 6.07) is 5.81. The van der Waals surface area contributed by atoms with Crippen LogP contribution in [-0.2, 0) is 17.8 Å². The number of hydrogen-bond donors (Lipinski definition) is 1. The largest absolute Gasteiger partial charge is 0.493 e. The van der Waals surface area contributed by atoms with Crippen LogP contribution in [0.3, 0.4) is 0 Å². The molecule has 7 heteroatoms. The van der Waals surface area contributed by atoms with Crippen LogP contribution in [0.4, 0.5) is 0 Å². The number of nitrogens with one attached hydrogen (secondary N) is 1. The summed E-state index contributed by atoms with van der Waals surface area (Å²) in [7, 11) is 1.63. The zero-order chi connectivity index (χ0) is 16.1. The first-order valence-electron chi connectivity index (χ1n) is 7.66. The zero-order valence-corrected chi connectivity index (χ0v) is 13.1. The number of para-hydroxylation sites is 1. The Labute approximate surface area is 134 Å². The van der Waals surface area contributed by atoms with Gasteiger partial charge in [0, 0.05) is 18.5 Å². The highest BCUT2D eigenvalue weighted by Crippen LogP contribution is 2.34. The number of nitrogens with zero attached hydrogens (tertiary/aromatic N) is 3. The van der Waals surface area contributed by atoms with E-state index in [1.165, 1.54) is 6.33 Å². The van der Waals surface area contributed by atoms with Gasteiger partial charge in [0.1, 0.15) is 19.3 Å². The van der Waals surface area contributed by atoms with Crippen LogP contribution in [0.25, 0.3) is 0 Å². The summed E-state index contributed by atoms with van der Waals surface area (Å²) in [5, 5.41) is 7.04. The van der Waals surface area contributed by atoms with Gasteiger partial charge in [-0.2, -0.15) is 5.10 Å². The molecule has 0 aliphatic carbocycles. The molecule has 1 aliphatic heterocycles. The quantitative estimate of drug-likeness (QED) is 0.866. The molecule has 0 radical (unpaired) electrons. The van der Waals surface area contributed by atoms with Crippen LogP contribution in [0, 0.1) is 0 Å². The molecule has 0 bridgehead atoms. The highest BCUT2D eigenvalue weighted by molar-refractivity contribution is 5.76. The molecule has 122 valence electrons. The minimum absolute atomic E-state index is 0.00604. The van der Waals surface area contributed by atoms with Crippen LogP contribution in [0.1, 0.15) is 18.4 Å². The van der Waals surface area contributed by atoms with Crippen molar-refractivity contribution < 1.29 is 14.3 Å². The number of carbonyl (C=O) groups excluding carboxylic acids is 1. The lowest BCUT2D eigenvalue weighted by atomic mass is 10.0. The van der Waals surface area contributed by atoms with Crippen molar-refractivity contribution in [3.8, 4) is 11.5 Å². The van der Waals surface area contributed by atoms with Crippen molar-refractivity contribution in [3.63, 3.8) is 0 Å². The Morgan fingerprint density at radius 2 is 2.43 bits per heavy atom. The van der Waals surface area contributed by atoms with Crippen molar-refractivity contribution in [3.05, 3.63) is 36.4 Å². The van der Waals surface area contributed by atoms with Crippen LogP contribution in [0.15, 0.2) is 30.9 Å². The van der Waals surface area contributed by atoms with E-state index in [4.69, 9.17) is 9.47 Å². The average molecular weight is 316 g/mol. The molecule has 2 aromatic rings. The van der Waals surface area contributed by atoms with Crippen molar-refractivity contribution >= 4 is 5.91 Å². The van der Waals surface area contributed by atoms with Gasteiger partial charge in [0.25, 0.3) is 0 Å². The van der Waals surface area contributed by atoms with Gasteiger partial charge in [0.2, 0.25) is 5.91 Å². The van der Waals surface area contributed by atoms with E-state index in [-0.39, 0.29) is 11.9 Å². The van der Waals surface area contributed by atoms with Crippen molar-refractivity contribution in [2.75, 3.05) is 13.7 Å². The highest BCUT2D eigenvalue weighted by Gasteiger charge is 2.23. The minimum atomic E-state index is -0.00604. The fourth-order valence-corrected chi connectivity index (χ4v) is 2.70.